The third kappa shape index (κ3) is 2.20. The average molecular weight is 198 g/mol. The zero-order valence-corrected chi connectivity index (χ0v) is 7.40. The van der Waals surface area contributed by atoms with Gasteiger partial charge in [-0.1, -0.05) is 12.1 Å². The van der Waals surface area contributed by atoms with E-state index in [0.717, 1.165) is 6.07 Å². The lowest BCUT2D eigenvalue weighted by Crippen LogP contribution is -2.20. The van der Waals surface area contributed by atoms with Gasteiger partial charge in [-0.05, 0) is 6.07 Å². The summed E-state index contributed by atoms with van der Waals surface area (Å²) in [5, 5.41) is 9.27. The van der Waals surface area contributed by atoms with Crippen molar-refractivity contribution >= 4 is 5.91 Å². The number of para-hydroxylation sites is 1. The maximum Gasteiger partial charge on any atom is 0.219 e. The van der Waals surface area contributed by atoms with E-state index in [1.165, 1.54) is 12.1 Å². The predicted octanol–water partition coefficient (Wildman–Crippen LogP) is 0.407. The molecule has 1 unspecified atom stereocenters. The van der Waals surface area contributed by atoms with Crippen molar-refractivity contribution in [1.29, 1.82) is 0 Å². The first kappa shape index (κ1) is 10.5. The average Bonchev–Trinajstić information content (AvgIpc) is 2.08. The van der Waals surface area contributed by atoms with Crippen LogP contribution in [0.25, 0.3) is 0 Å². The number of nitrogens with two attached hydrogens (primary N) is 2. The second-order valence-corrected chi connectivity index (χ2v) is 2.95. The van der Waals surface area contributed by atoms with Crippen LogP contribution in [0.4, 0.5) is 4.39 Å². The third-order valence-electron chi connectivity index (χ3n) is 1.84. The van der Waals surface area contributed by atoms with Crippen molar-refractivity contribution in [1.82, 2.24) is 0 Å². The maximum atomic E-state index is 12.9. The standard InChI is InChI=1S/C9H11FN2O2/c10-6-3-1-2-5(9(6)14)7(11)4-8(12)13/h1-3,7,14H,4,11H2,(H2,12,13). The summed E-state index contributed by atoms with van der Waals surface area (Å²) in [6.07, 6.45) is -0.128. The fraction of sp³-hybridized carbons (Fsp3) is 0.222. The molecule has 0 bridgehead atoms. The van der Waals surface area contributed by atoms with Crippen molar-refractivity contribution in [3.8, 4) is 5.75 Å². The van der Waals surface area contributed by atoms with E-state index >= 15 is 0 Å². The number of phenolic OH excluding ortho intramolecular Hbond substituents is 1. The topological polar surface area (TPSA) is 89.3 Å². The fourth-order valence-electron chi connectivity index (χ4n) is 1.16. The van der Waals surface area contributed by atoms with Crippen LogP contribution in [0.15, 0.2) is 18.2 Å². The number of hydrogen-bond acceptors (Lipinski definition) is 3. The summed E-state index contributed by atoms with van der Waals surface area (Å²) in [7, 11) is 0. The van der Waals surface area contributed by atoms with Crippen LogP contribution in [0, 0.1) is 5.82 Å². The molecule has 0 heterocycles. The quantitative estimate of drug-likeness (QED) is 0.657. The van der Waals surface area contributed by atoms with Gasteiger partial charge in [-0.3, -0.25) is 4.79 Å². The summed E-state index contributed by atoms with van der Waals surface area (Å²) < 4.78 is 12.9. The first-order chi connectivity index (χ1) is 6.52. The summed E-state index contributed by atoms with van der Waals surface area (Å²) in [5.74, 6) is -1.88. The molecular weight excluding hydrogens is 187 g/mol. The summed E-state index contributed by atoms with van der Waals surface area (Å²) in [5.41, 5.74) is 10.6. The van der Waals surface area contributed by atoms with Crippen LogP contribution in [-0.4, -0.2) is 11.0 Å². The number of aromatic hydroxyl groups is 1. The molecule has 0 aliphatic rings. The molecule has 0 aliphatic heterocycles. The Bertz CT molecular complexity index is 355. The van der Waals surface area contributed by atoms with E-state index in [2.05, 4.69) is 0 Å². The molecule has 0 aliphatic carbocycles. The molecule has 5 heteroatoms. The molecule has 0 spiro atoms. The SMILES string of the molecule is NC(=O)CC(N)c1cccc(F)c1O. The number of benzene rings is 1. The van der Waals surface area contributed by atoms with Gasteiger partial charge in [0.05, 0.1) is 0 Å². The molecule has 1 atom stereocenters. The summed E-state index contributed by atoms with van der Waals surface area (Å²) in [4.78, 5) is 10.5. The van der Waals surface area contributed by atoms with Crippen LogP contribution in [0.3, 0.4) is 0 Å². The normalized spacial score (nSPS) is 12.4. The van der Waals surface area contributed by atoms with Crippen molar-refractivity contribution in [2.75, 3.05) is 0 Å². The first-order valence-corrected chi connectivity index (χ1v) is 4.03. The number of amides is 1. The number of halogens is 1. The van der Waals surface area contributed by atoms with Gasteiger partial charge in [-0.2, -0.15) is 0 Å². The van der Waals surface area contributed by atoms with Crippen molar-refractivity contribution in [3.63, 3.8) is 0 Å². The highest BCUT2D eigenvalue weighted by molar-refractivity contribution is 5.74. The van der Waals surface area contributed by atoms with Gasteiger partial charge in [-0.25, -0.2) is 4.39 Å². The minimum absolute atomic E-state index is 0.128. The Balaban J connectivity index is 2.95. The molecule has 0 radical (unpaired) electrons. The van der Waals surface area contributed by atoms with Crippen LogP contribution in [-0.2, 0) is 4.79 Å². The molecule has 0 saturated heterocycles. The molecule has 14 heavy (non-hydrogen) atoms. The maximum absolute atomic E-state index is 12.9. The zero-order chi connectivity index (χ0) is 10.7. The lowest BCUT2D eigenvalue weighted by Gasteiger charge is -2.11. The highest BCUT2D eigenvalue weighted by atomic mass is 19.1. The minimum Gasteiger partial charge on any atom is -0.505 e. The van der Waals surface area contributed by atoms with Gasteiger partial charge < -0.3 is 16.6 Å². The largest absolute Gasteiger partial charge is 0.505 e. The van der Waals surface area contributed by atoms with Gasteiger partial charge in [0.25, 0.3) is 0 Å². The second-order valence-electron chi connectivity index (χ2n) is 2.95. The van der Waals surface area contributed by atoms with Crippen LogP contribution in [0.1, 0.15) is 18.0 Å². The Morgan fingerprint density at radius 1 is 1.57 bits per heavy atom. The predicted molar refractivity (Wildman–Crippen MR) is 48.8 cm³/mol. The summed E-state index contributed by atoms with van der Waals surface area (Å²) >= 11 is 0. The highest BCUT2D eigenvalue weighted by Crippen LogP contribution is 2.26. The van der Waals surface area contributed by atoms with E-state index in [9.17, 15) is 14.3 Å². The zero-order valence-electron chi connectivity index (χ0n) is 7.40. The molecule has 1 aromatic carbocycles. The molecule has 76 valence electrons. The van der Waals surface area contributed by atoms with Gasteiger partial charge in [0.2, 0.25) is 5.91 Å². The Morgan fingerprint density at radius 2 is 2.21 bits per heavy atom. The second kappa shape index (κ2) is 4.06. The van der Waals surface area contributed by atoms with E-state index in [1.807, 2.05) is 0 Å². The third-order valence-corrected chi connectivity index (χ3v) is 1.84. The summed E-state index contributed by atoms with van der Waals surface area (Å²) in [6, 6.07) is 3.19. The highest BCUT2D eigenvalue weighted by Gasteiger charge is 2.15. The molecule has 0 saturated carbocycles. The van der Waals surface area contributed by atoms with Gasteiger partial charge in [0.15, 0.2) is 11.6 Å². The molecule has 0 fully saturated rings. The molecule has 0 aromatic heterocycles. The van der Waals surface area contributed by atoms with Crippen LogP contribution < -0.4 is 11.5 Å². The molecule has 1 amide bonds. The van der Waals surface area contributed by atoms with Crippen LogP contribution in [0.2, 0.25) is 0 Å². The fourth-order valence-corrected chi connectivity index (χ4v) is 1.16. The molecule has 5 N–H and O–H groups in total. The minimum atomic E-state index is -0.775. The van der Waals surface area contributed by atoms with Crippen LogP contribution in [0.5, 0.6) is 5.75 Å². The van der Waals surface area contributed by atoms with E-state index in [-0.39, 0.29) is 12.0 Å². The van der Waals surface area contributed by atoms with Crippen molar-refractivity contribution in [2.24, 2.45) is 11.5 Å². The number of primary amides is 1. The van der Waals surface area contributed by atoms with Crippen molar-refractivity contribution in [3.05, 3.63) is 29.6 Å². The van der Waals surface area contributed by atoms with Crippen molar-refractivity contribution < 1.29 is 14.3 Å². The van der Waals surface area contributed by atoms with Crippen LogP contribution >= 0.6 is 0 Å². The van der Waals surface area contributed by atoms with Gasteiger partial charge in [0, 0.05) is 18.0 Å². The van der Waals surface area contributed by atoms with E-state index in [0.29, 0.717) is 0 Å². The number of rotatable bonds is 3. The molecule has 1 rings (SSSR count). The van der Waals surface area contributed by atoms with E-state index in [4.69, 9.17) is 11.5 Å². The number of phenols is 1. The van der Waals surface area contributed by atoms with Gasteiger partial charge in [-0.15, -0.1) is 0 Å². The lowest BCUT2D eigenvalue weighted by atomic mass is 10.0. The monoisotopic (exact) mass is 198 g/mol. The molecular formula is C9H11FN2O2. The number of hydrogen-bond donors (Lipinski definition) is 3. The Kier molecular flexibility index (Phi) is 3.03. The van der Waals surface area contributed by atoms with Gasteiger partial charge >= 0.3 is 0 Å². The number of carbonyl (C=O) groups excluding carboxylic acids is 1. The first-order valence-electron chi connectivity index (χ1n) is 4.03. The summed E-state index contributed by atoms with van der Waals surface area (Å²) in [6.45, 7) is 0. The molecule has 4 nitrogen and oxygen atoms in total. The number of carbonyl (C=O) groups is 1. The molecule has 1 aromatic rings. The smallest absolute Gasteiger partial charge is 0.219 e. The van der Waals surface area contributed by atoms with Gasteiger partial charge in [0.1, 0.15) is 0 Å². The van der Waals surface area contributed by atoms with Crippen molar-refractivity contribution in [2.45, 2.75) is 12.5 Å². The lowest BCUT2D eigenvalue weighted by molar-refractivity contribution is -0.118. The van der Waals surface area contributed by atoms with E-state index < -0.39 is 23.5 Å². The van der Waals surface area contributed by atoms with E-state index in [1.54, 1.807) is 0 Å². The Hall–Kier alpha value is -1.62. The Morgan fingerprint density at radius 3 is 2.79 bits per heavy atom. The Labute approximate surface area is 80.3 Å².